The van der Waals surface area contributed by atoms with Gasteiger partial charge in [0.25, 0.3) is 0 Å². The molecule has 28 heavy (non-hydrogen) atoms. The molecule has 1 aromatic heterocycles. The highest BCUT2D eigenvalue weighted by Gasteiger charge is 2.45. The van der Waals surface area contributed by atoms with Crippen LogP contribution in [0.15, 0.2) is 30.3 Å². The SMILES string of the molecule is CNC1(C)CCC2C(C1)c1ccc(Nc3ccc(OC)c(OC)c3)nc1N2C. The molecule has 2 heterocycles. The van der Waals surface area contributed by atoms with Gasteiger partial charge in [-0.2, -0.15) is 0 Å². The van der Waals surface area contributed by atoms with Crippen molar-refractivity contribution in [2.45, 2.75) is 43.7 Å². The first-order chi connectivity index (χ1) is 13.5. The van der Waals surface area contributed by atoms with Gasteiger partial charge in [0.05, 0.1) is 14.2 Å². The third-order valence-electron chi connectivity index (χ3n) is 6.52. The van der Waals surface area contributed by atoms with E-state index in [1.807, 2.05) is 18.2 Å². The predicted molar refractivity (Wildman–Crippen MR) is 113 cm³/mol. The van der Waals surface area contributed by atoms with Crippen molar-refractivity contribution in [2.75, 3.05) is 38.5 Å². The van der Waals surface area contributed by atoms with E-state index in [-0.39, 0.29) is 5.54 Å². The smallest absolute Gasteiger partial charge is 0.162 e. The molecule has 0 saturated heterocycles. The lowest BCUT2D eigenvalue weighted by Crippen LogP contribution is -2.48. The van der Waals surface area contributed by atoms with Gasteiger partial charge in [-0.05, 0) is 51.4 Å². The summed E-state index contributed by atoms with van der Waals surface area (Å²) in [5, 5.41) is 6.93. The summed E-state index contributed by atoms with van der Waals surface area (Å²) < 4.78 is 10.7. The van der Waals surface area contributed by atoms with Crippen LogP contribution in [0.3, 0.4) is 0 Å². The van der Waals surface area contributed by atoms with Crippen molar-refractivity contribution in [1.29, 1.82) is 0 Å². The molecule has 1 saturated carbocycles. The average Bonchev–Trinajstić information content (AvgIpc) is 2.98. The Labute approximate surface area is 167 Å². The molecular formula is C22H30N4O2. The molecule has 1 aromatic carbocycles. The van der Waals surface area contributed by atoms with Gasteiger partial charge in [0.15, 0.2) is 11.5 Å². The summed E-state index contributed by atoms with van der Waals surface area (Å²) in [7, 11) is 7.54. The maximum absolute atomic E-state index is 5.40. The molecule has 3 atom stereocenters. The van der Waals surface area contributed by atoms with E-state index in [0.717, 1.165) is 23.7 Å². The standard InChI is InChI=1S/C22H30N4O2/c1-22(23-2)11-10-17-16(13-22)15-7-9-20(25-21(15)26(17)3)24-14-6-8-18(27-4)19(12-14)28-5/h6-9,12,16-17,23H,10-11,13H2,1-5H3,(H,24,25). The van der Waals surface area contributed by atoms with E-state index in [1.54, 1.807) is 14.2 Å². The topological polar surface area (TPSA) is 58.6 Å². The zero-order valence-electron chi connectivity index (χ0n) is 17.4. The summed E-state index contributed by atoms with van der Waals surface area (Å²) in [4.78, 5) is 7.32. The molecule has 3 unspecified atom stereocenters. The second kappa shape index (κ2) is 7.17. The van der Waals surface area contributed by atoms with Gasteiger partial charge in [-0.3, -0.25) is 0 Å². The molecular weight excluding hydrogens is 352 g/mol. The summed E-state index contributed by atoms with van der Waals surface area (Å²) in [6.45, 7) is 2.33. The Hall–Kier alpha value is -2.47. The van der Waals surface area contributed by atoms with Gasteiger partial charge in [0.2, 0.25) is 0 Å². The van der Waals surface area contributed by atoms with Crippen LogP contribution in [-0.4, -0.2) is 44.9 Å². The zero-order chi connectivity index (χ0) is 19.9. The number of nitrogens with one attached hydrogen (secondary N) is 2. The maximum atomic E-state index is 5.40. The Bertz CT molecular complexity index is 872. The lowest BCUT2D eigenvalue weighted by atomic mass is 9.73. The number of nitrogens with zero attached hydrogens (tertiary/aromatic N) is 2. The quantitative estimate of drug-likeness (QED) is 0.818. The number of hydrogen-bond acceptors (Lipinski definition) is 6. The number of pyridine rings is 1. The normalized spacial score (nSPS) is 25.8. The van der Waals surface area contributed by atoms with Gasteiger partial charge < -0.3 is 25.0 Å². The minimum Gasteiger partial charge on any atom is -0.493 e. The Kier molecular flexibility index (Phi) is 4.83. The number of hydrogen-bond donors (Lipinski definition) is 2. The highest BCUT2D eigenvalue weighted by Crippen LogP contribution is 2.49. The summed E-state index contributed by atoms with van der Waals surface area (Å²) >= 11 is 0. The van der Waals surface area contributed by atoms with Crippen molar-refractivity contribution in [3.05, 3.63) is 35.9 Å². The number of likely N-dealkylation sites (N-methyl/N-ethyl adjacent to an activating group) is 1. The summed E-state index contributed by atoms with van der Waals surface area (Å²) in [6.07, 6.45) is 3.53. The summed E-state index contributed by atoms with van der Waals surface area (Å²) in [5.41, 5.74) is 2.50. The van der Waals surface area contributed by atoms with Crippen LogP contribution in [0, 0.1) is 0 Å². The van der Waals surface area contributed by atoms with E-state index in [1.165, 1.54) is 18.4 Å². The molecule has 1 fully saturated rings. The molecule has 1 aliphatic heterocycles. The predicted octanol–water partition coefficient (Wildman–Crippen LogP) is 3.91. The molecule has 2 aromatic rings. The van der Waals surface area contributed by atoms with E-state index in [2.05, 4.69) is 48.7 Å². The van der Waals surface area contributed by atoms with E-state index in [9.17, 15) is 0 Å². The molecule has 0 radical (unpaired) electrons. The number of anilines is 3. The van der Waals surface area contributed by atoms with E-state index in [4.69, 9.17) is 14.5 Å². The maximum Gasteiger partial charge on any atom is 0.162 e. The molecule has 0 spiro atoms. The van der Waals surface area contributed by atoms with Crippen LogP contribution < -0.4 is 25.0 Å². The van der Waals surface area contributed by atoms with E-state index in [0.29, 0.717) is 23.5 Å². The van der Waals surface area contributed by atoms with E-state index >= 15 is 0 Å². The van der Waals surface area contributed by atoms with Crippen LogP contribution >= 0.6 is 0 Å². The highest BCUT2D eigenvalue weighted by atomic mass is 16.5. The van der Waals surface area contributed by atoms with Crippen molar-refractivity contribution < 1.29 is 9.47 Å². The fourth-order valence-electron chi connectivity index (χ4n) is 4.72. The molecule has 4 rings (SSSR count). The number of benzene rings is 1. The Morgan fingerprint density at radius 3 is 2.64 bits per heavy atom. The molecule has 2 aliphatic rings. The minimum absolute atomic E-state index is 0.209. The fraction of sp³-hybridized carbons (Fsp3) is 0.500. The van der Waals surface area contributed by atoms with Crippen LogP contribution in [-0.2, 0) is 0 Å². The number of ether oxygens (including phenoxy) is 2. The number of rotatable bonds is 5. The third-order valence-corrected chi connectivity index (χ3v) is 6.52. The molecule has 2 N–H and O–H groups in total. The molecule has 6 heteroatoms. The van der Waals surface area contributed by atoms with Gasteiger partial charge in [-0.1, -0.05) is 6.07 Å². The number of methoxy groups -OCH3 is 2. The average molecular weight is 383 g/mol. The van der Waals surface area contributed by atoms with Crippen molar-refractivity contribution in [3.63, 3.8) is 0 Å². The molecule has 1 aliphatic carbocycles. The first kappa shape index (κ1) is 18.9. The van der Waals surface area contributed by atoms with Crippen molar-refractivity contribution >= 4 is 17.3 Å². The Morgan fingerprint density at radius 1 is 1.14 bits per heavy atom. The first-order valence-corrected chi connectivity index (χ1v) is 9.90. The fourth-order valence-corrected chi connectivity index (χ4v) is 4.72. The molecule has 150 valence electrons. The summed E-state index contributed by atoms with van der Waals surface area (Å²) in [6, 6.07) is 10.7. The number of fused-ring (bicyclic) bond motifs is 3. The van der Waals surface area contributed by atoms with E-state index < -0.39 is 0 Å². The molecule has 6 nitrogen and oxygen atoms in total. The van der Waals surface area contributed by atoms with Crippen molar-refractivity contribution in [2.24, 2.45) is 0 Å². The first-order valence-electron chi connectivity index (χ1n) is 9.90. The Balaban J connectivity index is 1.59. The largest absolute Gasteiger partial charge is 0.493 e. The van der Waals surface area contributed by atoms with Gasteiger partial charge in [0.1, 0.15) is 11.6 Å². The number of aromatic nitrogens is 1. The van der Waals surface area contributed by atoms with Crippen LogP contribution in [0.4, 0.5) is 17.3 Å². The van der Waals surface area contributed by atoms with Crippen molar-refractivity contribution in [1.82, 2.24) is 10.3 Å². The second-order valence-corrected chi connectivity index (χ2v) is 8.14. The van der Waals surface area contributed by atoms with Crippen LogP contribution in [0.1, 0.15) is 37.7 Å². The highest BCUT2D eigenvalue weighted by molar-refractivity contribution is 5.66. The molecule has 0 amide bonds. The van der Waals surface area contributed by atoms with Crippen LogP contribution in [0.5, 0.6) is 11.5 Å². The lowest BCUT2D eigenvalue weighted by Gasteiger charge is -2.41. The third kappa shape index (κ3) is 3.15. The van der Waals surface area contributed by atoms with Crippen LogP contribution in [0.2, 0.25) is 0 Å². The van der Waals surface area contributed by atoms with Gasteiger partial charge in [-0.25, -0.2) is 4.98 Å². The van der Waals surface area contributed by atoms with Gasteiger partial charge in [-0.15, -0.1) is 0 Å². The zero-order valence-corrected chi connectivity index (χ0v) is 17.4. The Morgan fingerprint density at radius 2 is 1.93 bits per heavy atom. The monoisotopic (exact) mass is 382 g/mol. The van der Waals surface area contributed by atoms with Crippen molar-refractivity contribution in [3.8, 4) is 11.5 Å². The minimum atomic E-state index is 0.209. The van der Waals surface area contributed by atoms with Crippen LogP contribution in [0.25, 0.3) is 0 Å². The molecule has 0 bridgehead atoms. The van der Waals surface area contributed by atoms with Gasteiger partial charge >= 0.3 is 0 Å². The second-order valence-electron chi connectivity index (χ2n) is 8.14. The lowest BCUT2D eigenvalue weighted by molar-refractivity contribution is 0.230. The van der Waals surface area contributed by atoms with Gasteiger partial charge in [0, 0.05) is 41.9 Å². The summed E-state index contributed by atoms with van der Waals surface area (Å²) in [5.74, 6) is 3.89.